The molecule has 0 unspecified atom stereocenters. The summed E-state index contributed by atoms with van der Waals surface area (Å²) in [6, 6.07) is 17.1. The van der Waals surface area contributed by atoms with Gasteiger partial charge in [-0.25, -0.2) is 9.78 Å². The van der Waals surface area contributed by atoms with Crippen molar-refractivity contribution in [2.75, 3.05) is 0 Å². The Morgan fingerprint density at radius 2 is 1.77 bits per heavy atom. The average Bonchev–Trinajstić information content (AvgIpc) is 3.18. The lowest BCUT2D eigenvalue weighted by molar-refractivity contribution is 0.563. The highest BCUT2D eigenvalue weighted by Gasteiger charge is 2.14. The van der Waals surface area contributed by atoms with Crippen LogP contribution in [0.1, 0.15) is 0 Å². The maximum absolute atomic E-state index is 12.5. The van der Waals surface area contributed by atoms with Crippen LogP contribution in [0.5, 0.6) is 0 Å². The summed E-state index contributed by atoms with van der Waals surface area (Å²) in [7, 11) is 0. The summed E-state index contributed by atoms with van der Waals surface area (Å²) in [6.07, 6.45) is 3.34. The summed E-state index contributed by atoms with van der Waals surface area (Å²) in [5, 5.41) is 9.99. The molecule has 1 N–H and O–H groups in total. The molecule has 0 fully saturated rings. The lowest BCUT2D eigenvalue weighted by Gasteiger charge is -2.04. The smallest absolute Gasteiger partial charge is 0.347 e. The predicted octanol–water partition coefficient (Wildman–Crippen LogP) is 3.79. The van der Waals surface area contributed by atoms with Crippen LogP contribution in [0.15, 0.2) is 76.2 Å². The van der Waals surface area contributed by atoms with Gasteiger partial charge < -0.3 is 4.42 Å². The Hall–Kier alpha value is -3.80. The minimum Gasteiger partial charge on any atom is -0.422 e. The summed E-state index contributed by atoms with van der Waals surface area (Å²) in [6.45, 7) is 0. The number of benzene rings is 2. The van der Waals surface area contributed by atoms with Gasteiger partial charge in [0.2, 0.25) is 0 Å². The second kappa shape index (κ2) is 5.63. The maximum atomic E-state index is 12.5. The van der Waals surface area contributed by atoms with Crippen LogP contribution >= 0.6 is 0 Å². The van der Waals surface area contributed by atoms with E-state index in [1.165, 1.54) is 0 Å². The van der Waals surface area contributed by atoms with E-state index < -0.39 is 5.63 Å². The van der Waals surface area contributed by atoms with Crippen molar-refractivity contribution < 1.29 is 4.42 Å². The van der Waals surface area contributed by atoms with E-state index in [2.05, 4.69) is 20.2 Å². The number of hydrogen-bond acceptors (Lipinski definition) is 5. The topological polar surface area (TPSA) is 84.7 Å². The molecular formula is C20H12N4O2. The molecule has 0 spiro atoms. The fraction of sp³-hybridized carbons (Fsp3) is 0. The highest BCUT2D eigenvalue weighted by Crippen LogP contribution is 2.27. The van der Waals surface area contributed by atoms with Gasteiger partial charge in [0.15, 0.2) is 11.6 Å². The highest BCUT2D eigenvalue weighted by atomic mass is 16.4. The number of hydrogen-bond donors (Lipinski definition) is 1. The molecule has 0 atom stereocenters. The first kappa shape index (κ1) is 14.5. The predicted molar refractivity (Wildman–Crippen MR) is 98.6 cm³/mol. The van der Waals surface area contributed by atoms with E-state index >= 15 is 0 Å². The molecule has 26 heavy (non-hydrogen) atoms. The third-order valence-corrected chi connectivity index (χ3v) is 4.32. The van der Waals surface area contributed by atoms with Crippen molar-refractivity contribution in [2.24, 2.45) is 0 Å². The van der Waals surface area contributed by atoms with Crippen molar-refractivity contribution in [2.45, 2.75) is 0 Å². The quantitative estimate of drug-likeness (QED) is 0.390. The Morgan fingerprint density at radius 1 is 0.923 bits per heavy atom. The van der Waals surface area contributed by atoms with Crippen LogP contribution in [0.25, 0.3) is 44.5 Å². The van der Waals surface area contributed by atoms with E-state index in [-0.39, 0.29) is 0 Å². The molecule has 5 aromatic rings. The van der Waals surface area contributed by atoms with Crippen molar-refractivity contribution in [3.8, 4) is 22.8 Å². The number of pyridine rings is 1. The standard InChI is InChI=1S/C20H12N4O2/c25-20-16(19-22-18(23-24-19)13-7-9-21-10-8-13)11-15-14-4-2-1-3-12(14)5-6-17(15)26-20/h1-11H,(H,22,23,24). The number of H-pyrrole nitrogens is 1. The van der Waals surface area contributed by atoms with Crippen molar-refractivity contribution in [1.82, 2.24) is 20.2 Å². The number of aromatic nitrogens is 4. The molecule has 6 heteroatoms. The average molecular weight is 340 g/mol. The zero-order valence-electron chi connectivity index (χ0n) is 13.5. The Labute approximate surface area is 147 Å². The zero-order valence-corrected chi connectivity index (χ0v) is 13.5. The third-order valence-electron chi connectivity index (χ3n) is 4.32. The Morgan fingerprint density at radius 3 is 2.65 bits per heavy atom. The van der Waals surface area contributed by atoms with Gasteiger partial charge in [-0.15, -0.1) is 0 Å². The van der Waals surface area contributed by atoms with E-state index in [9.17, 15) is 4.79 Å². The normalized spacial score (nSPS) is 11.2. The minimum atomic E-state index is -0.454. The molecule has 3 aromatic heterocycles. The van der Waals surface area contributed by atoms with Crippen LogP contribution in [0.3, 0.4) is 0 Å². The highest BCUT2D eigenvalue weighted by molar-refractivity contribution is 6.06. The van der Waals surface area contributed by atoms with Crippen LogP contribution in [0.2, 0.25) is 0 Å². The maximum Gasteiger partial charge on any atom is 0.347 e. The van der Waals surface area contributed by atoms with Crippen LogP contribution < -0.4 is 5.63 Å². The molecule has 124 valence electrons. The Bertz CT molecular complexity index is 1310. The molecule has 0 amide bonds. The van der Waals surface area contributed by atoms with E-state index in [0.29, 0.717) is 22.8 Å². The van der Waals surface area contributed by atoms with Gasteiger partial charge in [-0.05, 0) is 35.0 Å². The van der Waals surface area contributed by atoms with Crippen LogP contribution in [-0.2, 0) is 0 Å². The van der Waals surface area contributed by atoms with Crippen molar-refractivity contribution in [3.63, 3.8) is 0 Å². The minimum absolute atomic E-state index is 0.349. The van der Waals surface area contributed by atoms with E-state index in [4.69, 9.17) is 4.42 Å². The Kier molecular flexibility index (Phi) is 3.15. The lowest BCUT2D eigenvalue weighted by atomic mass is 10.0. The first-order valence-corrected chi connectivity index (χ1v) is 8.08. The van der Waals surface area contributed by atoms with Crippen LogP contribution in [0, 0.1) is 0 Å². The van der Waals surface area contributed by atoms with Crippen molar-refractivity contribution in [3.05, 3.63) is 77.4 Å². The van der Waals surface area contributed by atoms with Gasteiger partial charge in [-0.2, -0.15) is 5.10 Å². The molecule has 5 rings (SSSR count). The van der Waals surface area contributed by atoms with Crippen LogP contribution in [-0.4, -0.2) is 20.2 Å². The van der Waals surface area contributed by atoms with Gasteiger partial charge in [0.1, 0.15) is 11.1 Å². The number of nitrogens with zero attached hydrogens (tertiary/aromatic N) is 3. The molecule has 0 aliphatic carbocycles. The molecule has 0 saturated heterocycles. The monoisotopic (exact) mass is 340 g/mol. The van der Waals surface area contributed by atoms with E-state index in [1.54, 1.807) is 18.5 Å². The molecule has 6 nitrogen and oxygen atoms in total. The summed E-state index contributed by atoms with van der Waals surface area (Å²) >= 11 is 0. The van der Waals surface area contributed by atoms with Crippen molar-refractivity contribution in [1.29, 1.82) is 0 Å². The van der Waals surface area contributed by atoms with Gasteiger partial charge in [0, 0.05) is 23.3 Å². The summed E-state index contributed by atoms with van der Waals surface area (Å²) < 4.78 is 5.52. The lowest BCUT2D eigenvalue weighted by Crippen LogP contribution is -2.04. The molecule has 0 aliphatic heterocycles. The van der Waals surface area contributed by atoms with Crippen LogP contribution in [0.4, 0.5) is 0 Å². The second-order valence-electron chi connectivity index (χ2n) is 5.89. The molecule has 0 aliphatic rings. The second-order valence-corrected chi connectivity index (χ2v) is 5.89. The Balaban J connectivity index is 1.72. The van der Waals surface area contributed by atoms with Gasteiger partial charge in [-0.1, -0.05) is 30.3 Å². The first-order chi connectivity index (χ1) is 12.8. The fourth-order valence-corrected chi connectivity index (χ4v) is 3.05. The SMILES string of the molecule is O=c1oc2ccc3ccccc3c2cc1-c1nc(-c2ccncc2)n[nH]1. The summed E-state index contributed by atoms with van der Waals surface area (Å²) in [4.78, 5) is 20.9. The number of aromatic amines is 1. The van der Waals surface area contributed by atoms with Crippen molar-refractivity contribution >= 4 is 21.7 Å². The number of fused-ring (bicyclic) bond motifs is 3. The summed E-state index contributed by atoms with van der Waals surface area (Å²) in [5.41, 5.74) is 1.26. The van der Waals surface area contributed by atoms with Gasteiger partial charge in [-0.3, -0.25) is 10.1 Å². The number of nitrogens with one attached hydrogen (secondary N) is 1. The van der Waals surface area contributed by atoms with E-state index in [0.717, 1.165) is 21.7 Å². The third kappa shape index (κ3) is 2.28. The fourth-order valence-electron chi connectivity index (χ4n) is 3.05. The summed E-state index contributed by atoms with van der Waals surface area (Å²) in [5.74, 6) is 0.875. The molecule has 0 radical (unpaired) electrons. The number of rotatable bonds is 2. The largest absolute Gasteiger partial charge is 0.422 e. The van der Waals surface area contributed by atoms with Gasteiger partial charge in [0.25, 0.3) is 0 Å². The van der Waals surface area contributed by atoms with E-state index in [1.807, 2.05) is 48.5 Å². The molecule has 0 saturated carbocycles. The molecule has 0 bridgehead atoms. The van der Waals surface area contributed by atoms with Gasteiger partial charge in [0.05, 0.1) is 0 Å². The van der Waals surface area contributed by atoms with Gasteiger partial charge >= 0.3 is 5.63 Å². The zero-order chi connectivity index (χ0) is 17.5. The first-order valence-electron chi connectivity index (χ1n) is 8.08. The molecule has 3 heterocycles. The molecular weight excluding hydrogens is 328 g/mol. The molecule has 2 aromatic carbocycles.